The number of rotatable bonds is 6. The summed E-state index contributed by atoms with van der Waals surface area (Å²) in [6.07, 6.45) is 1.96. The largest absolute Gasteiger partial charge is 0.452 e. The summed E-state index contributed by atoms with van der Waals surface area (Å²) in [5.74, 6) is -1.25. The molecule has 0 radical (unpaired) electrons. The molecule has 0 heterocycles. The van der Waals surface area contributed by atoms with Crippen molar-refractivity contribution >= 4 is 23.3 Å². The zero-order valence-electron chi connectivity index (χ0n) is 17.1. The quantitative estimate of drug-likeness (QED) is 0.738. The Kier molecular flexibility index (Phi) is 6.20. The first kappa shape index (κ1) is 20.8. The van der Waals surface area contributed by atoms with Crippen molar-refractivity contribution in [1.82, 2.24) is 0 Å². The number of nitrogens with zero attached hydrogens (tertiary/aromatic N) is 1. The first-order chi connectivity index (χ1) is 13.8. The summed E-state index contributed by atoms with van der Waals surface area (Å²) < 4.78 is 19.3. The van der Waals surface area contributed by atoms with Crippen molar-refractivity contribution in [3.63, 3.8) is 0 Å². The zero-order chi connectivity index (χ0) is 21.0. The number of hydrogen-bond donors (Lipinski definition) is 1. The average Bonchev–Trinajstić information content (AvgIpc) is 3.19. The van der Waals surface area contributed by atoms with Gasteiger partial charge in [0.25, 0.3) is 5.91 Å². The second kappa shape index (κ2) is 8.64. The van der Waals surface area contributed by atoms with E-state index in [-0.39, 0.29) is 5.82 Å². The summed E-state index contributed by atoms with van der Waals surface area (Å²) in [5, 5.41) is 2.77. The predicted octanol–water partition coefficient (Wildman–Crippen LogP) is 4.27. The van der Waals surface area contributed by atoms with Crippen LogP contribution in [0, 0.1) is 5.82 Å². The predicted molar refractivity (Wildman–Crippen MR) is 111 cm³/mol. The van der Waals surface area contributed by atoms with Crippen LogP contribution in [0.1, 0.15) is 38.2 Å². The minimum Gasteiger partial charge on any atom is -0.452 e. The molecule has 1 saturated carbocycles. The van der Waals surface area contributed by atoms with Crippen LogP contribution in [0.25, 0.3) is 0 Å². The van der Waals surface area contributed by atoms with Gasteiger partial charge in [-0.3, -0.25) is 9.59 Å². The van der Waals surface area contributed by atoms with Crippen molar-refractivity contribution in [1.29, 1.82) is 0 Å². The molecule has 3 rings (SSSR count). The number of benzene rings is 2. The van der Waals surface area contributed by atoms with Crippen molar-refractivity contribution in [2.75, 3.05) is 24.3 Å². The van der Waals surface area contributed by atoms with Gasteiger partial charge in [0, 0.05) is 25.5 Å². The molecule has 0 bridgehead atoms. The van der Waals surface area contributed by atoms with Gasteiger partial charge >= 0.3 is 5.97 Å². The van der Waals surface area contributed by atoms with Crippen LogP contribution in [0.15, 0.2) is 48.5 Å². The van der Waals surface area contributed by atoms with Crippen molar-refractivity contribution in [2.24, 2.45) is 0 Å². The van der Waals surface area contributed by atoms with Crippen molar-refractivity contribution < 1.29 is 18.7 Å². The maximum atomic E-state index is 13.7. The number of anilines is 2. The molecule has 29 heavy (non-hydrogen) atoms. The molecule has 1 atom stereocenters. The number of nitrogens with one attached hydrogen (secondary N) is 1. The van der Waals surface area contributed by atoms with Crippen LogP contribution >= 0.6 is 0 Å². The highest BCUT2D eigenvalue weighted by atomic mass is 19.1. The number of carbonyl (C=O) groups is 2. The van der Waals surface area contributed by atoms with Crippen molar-refractivity contribution in [2.45, 2.75) is 44.1 Å². The Balaban J connectivity index is 1.69. The molecule has 0 unspecified atom stereocenters. The minimum absolute atomic E-state index is 0.381. The van der Waals surface area contributed by atoms with E-state index in [1.54, 1.807) is 31.2 Å². The van der Waals surface area contributed by atoms with Gasteiger partial charge in [0.1, 0.15) is 5.82 Å². The highest BCUT2D eigenvalue weighted by Gasteiger charge is 2.45. The van der Waals surface area contributed by atoms with Gasteiger partial charge in [-0.25, -0.2) is 4.39 Å². The third-order valence-electron chi connectivity index (χ3n) is 5.53. The van der Waals surface area contributed by atoms with E-state index in [0.29, 0.717) is 24.1 Å². The summed E-state index contributed by atoms with van der Waals surface area (Å²) in [7, 11) is 3.87. The fourth-order valence-electron chi connectivity index (χ4n) is 3.79. The van der Waals surface area contributed by atoms with E-state index in [2.05, 4.69) is 5.32 Å². The molecule has 0 aromatic heterocycles. The molecule has 1 N–H and O–H groups in total. The Morgan fingerprint density at radius 3 is 2.34 bits per heavy atom. The molecule has 0 saturated heterocycles. The van der Waals surface area contributed by atoms with Gasteiger partial charge < -0.3 is 15.0 Å². The molecular weight excluding hydrogens is 371 g/mol. The van der Waals surface area contributed by atoms with E-state index >= 15 is 0 Å². The monoisotopic (exact) mass is 398 g/mol. The van der Waals surface area contributed by atoms with Gasteiger partial charge in [0.2, 0.25) is 0 Å². The van der Waals surface area contributed by atoms with Crippen molar-refractivity contribution in [3.8, 4) is 0 Å². The third-order valence-corrected chi connectivity index (χ3v) is 5.53. The summed E-state index contributed by atoms with van der Waals surface area (Å²) in [5.41, 5.74) is 1.38. The van der Waals surface area contributed by atoms with E-state index in [1.165, 1.54) is 12.1 Å². The molecule has 1 amide bonds. The van der Waals surface area contributed by atoms with Crippen LogP contribution in [-0.2, 0) is 19.7 Å². The van der Waals surface area contributed by atoms with E-state index in [9.17, 15) is 14.0 Å². The number of carbonyl (C=O) groups excluding carboxylic acids is 2. The summed E-state index contributed by atoms with van der Waals surface area (Å²) in [6.45, 7) is 1.55. The molecule has 0 spiro atoms. The number of ether oxygens (including phenoxy) is 1. The molecule has 0 aliphatic heterocycles. The van der Waals surface area contributed by atoms with Gasteiger partial charge in [0.05, 0.1) is 5.41 Å². The summed E-state index contributed by atoms with van der Waals surface area (Å²) >= 11 is 0. The van der Waals surface area contributed by atoms with E-state index in [4.69, 9.17) is 4.74 Å². The highest BCUT2D eigenvalue weighted by molar-refractivity contribution is 5.96. The third kappa shape index (κ3) is 4.58. The Morgan fingerprint density at radius 2 is 1.76 bits per heavy atom. The average molecular weight is 398 g/mol. The lowest BCUT2D eigenvalue weighted by molar-refractivity contribution is -0.159. The summed E-state index contributed by atoms with van der Waals surface area (Å²) in [4.78, 5) is 27.5. The SMILES string of the molecule is C[C@@H](OC(=O)C1(c2cccc(F)c2)CCCC1)C(=O)Nc1ccc(N(C)C)cc1. The van der Waals surface area contributed by atoms with Gasteiger partial charge in [-0.05, 0) is 61.7 Å². The molecule has 1 aliphatic carbocycles. The second-order valence-corrected chi connectivity index (χ2v) is 7.78. The molecule has 1 fully saturated rings. The lowest BCUT2D eigenvalue weighted by atomic mass is 9.79. The van der Waals surface area contributed by atoms with Gasteiger partial charge in [-0.2, -0.15) is 0 Å². The standard InChI is InChI=1S/C23H27FN2O3/c1-16(21(27)25-19-9-11-20(12-10-19)26(2)3)29-22(28)23(13-4-5-14-23)17-7-6-8-18(24)15-17/h6-12,15-16H,4-5,13-14H2,1-3H3,(H,25,27)/t16-/m1/s1. The highest BCUT2D eigenvalue weighted by Crippen LogP contribution is 2.42. The van der Waals surface area contributed by atoms with E-state index in [0.717, 1.165) is 18.5 Å². The first-order valence-corrected chi connectivity index (χ1v) is 9.87. The maximum Gasteiger partial charge on any atom is 0.317 e. The molecule has 5 nitrogen and oxygen atoms in total. The number of hydrogen-bond acceptors (Lipinski definition) is 4. The number of halogens is 1. The topological polar surface area (TPSA) is 58.6 Å². The summed E-state index contributed by atoms with van der Waals surface area (Å²) in [6, 6.07) is 13.5. The normalized spacial score (nSPS) is 16.1. The smallest absolute Gasteiger partial charge is 0.317 e. The van der Waals surface area contributed by atoms with Gasteiger partial charge in [0.15, 0.2) is 6.10 Å². The second-order valence-electron chi connectivity index (χ2n) is 7.78. The Morgan fingerprint density at radius 1 is 1.10 bits per heavy atom. The van der Waals surface area contributed by atoms with Crippen LogP contribution in [0.2, 0.25) is 0 Å². The zero-order valence-corrected chi connectivity index (χ0v) is 17.1. The molecule has 2 aromatic rings. The van der Waals surface area contributed by atoms with E-state index in [1.807, 2.05) is 31.1 Å². The van der Waals surface area contributed by atoms with E-state index < -0.39 is 23.4 Å². The first-order valence-electron chi connectivity index (χ1n) is 9.87. The van der Waals surface area contributed by atoms with Crippen LogP contribution in [0.4, 0.5) is 15.8 Å². The Labute approximate surface area is 170 Å². The lowest BCUT2D eigenvalue weighted by Crippen LogP contribution is -2.40. The fraction of sp³-hybridized carbons (Fsp3) is 0.391. The van der Waals surface area contributed by atoms with Crippen LogP contribution in [-0.4, -0.2) is 32.1 Å². The molecule has 6 heteroatoms. The molecule has 2 aromatic carbocycles. The number of amides is 1. The Hall–Kier alpha value is -2.89. The molecular formula is C23H27FN2O3. The fourth-order valence-corrected chi connectivity index (χ4v) is 3.79. The maximum absolute atomic E-state index is 13.7. The molecule has 1 aliphatic rings. The Bertz CT molecular complexity index is 874. The van der Waals surface area contributed by atoms with Crippen LogP contribution in [0.5, 0.6) is 0 Å². The van der Waals surface area contributed by atoms with Crippen LogP contribution < -0.4 is 10.2 Å². The minimum atomic E-state index is -0.956. The van der Waals surface area contributed by atoms with Gasteiger partial charge in [-0.15, -0.1) is 0 Å². The van der Waals surface area contributed by atoms with Crippen molar-refractivity contribution in [3.05, 3.63) is 59.9 Å². The molecule has 154 valence electrons. The van der Waals surface area contributed by atoms with Gasteiger partial charge in [-0.1, -0.05) is 25.0 Å². The number of esters is 1. The lowest BCUT2D eigenvalue weighted by Gasteiger charge is -2.28. The van der Waals surface area contributed by atoms with Crippen LogP contribution in [0.3, 0.4) is 0 Å².